The Morgan fingerprint density at radius 2 is 2.05 bits per heavy atom. The fraction of sp³-hybridized carbons (Fsp3) is 0.500. The molecule has 106 valence electrons. The normalized spacial score (nSPS) is 12.6. The summed E-state index contributed by atoms with van der Waals surface area (Å²) in [6, 6.07) is 4.32. The van der Waals surface area contributed by atoms with Gasteiger partial charge in [-0.25, -0.2) is 4.39 Å². The Hall–Kier alpha value is -1.07. The van der Waals surface area contributed by atoms with E-state index in [0.717, 1.165) is 6.54 Å². The van der Waals surface area contributed by atoms with Crippen LogP contribution in [0.3, 0.4) is 0 Å². The molecule has 1 unspecified atom stereocenters. The third-order valence-corrected chi connectivity index (χ3v) is 3.22. The zero-order valence-corrected chi connectivity index (χ0v) is 12.7. The van der Waals surface area contributed by atoms with Crippen LogP contribution in [0.25, 0.3) is 0 Å². The van der Waals surface area contributed by atoms with Crippen molar-refractivity contribution < 1.29 is 9.18 Å². The van der Waals surface area contributed by atoms with Gasteiger partial charge < -0.3 is 9.80 Å². The van der Waals surface area contributed by atoms with Gasteiger partial charge in [-0.3, -0.25) is 4.79 Å². The Morgan fingerprint density at radius 3 is 2.58 bits per heavy atom. The van der Waals surface area contributed by atoms with Crippen molar-refractivity contribution in [3.63, 3.8) is 0 Å². The highest BCUT2D eigenvalue weighted by Gasteiger charge is 2.23. The SMILES string of the molecule is CCN(C(=O)c1cc(S)ccc1F)C(C)CN(C)C. The number of rotatable bonds is 5. The van der Waals surface area contributed by atoms with Gasteiger partial charge in [0.1, 0.15) is 5.82 Å². The first-order valence-corrected chi connectivity index (χ1v) is 6.75. The third-order valence-electron chi connectivity index (χ3n) is 2.94. The molecular weight excluding hydrogens is 263 g/mol. The average Bonchev–Trinajstić information content (AvgIpc) is 2.32. The van der Waals surface area contributed by atoms with Crippen molar-refractivity contribution in [2.45, 2.75) is 24.8 Å². The summed E-state index contributed by atoms with van der Waals surface area (Å²) in [4.78, 5) is 16.7. The van der Waals surface area contributed by atoms with Crippen LogP contribution in [0.15, 0.2) is 23.1 Å². The number of carbonyl (C=O) groups is 1. The standard InChI is InChI=1S/C14H21FN2OS/c1-5-17(10(2)9-16(3)4)14(18)12-8-11(19)6-7-13(12)15/h6-8,10,19H,5,9H2,1-4H3. The average molecular weight is 284 g/mol. The lowest BCUT2D eigenvalue weighted by atomic mass is 10.1. The van der Waals surface area contributed by atoms with Crippen LogP contribution in [0.5, 0.6) is 0 Å². The Morgan fingerprint density at radius 1 is 1.42 bits per heavy atom. The molecule has 1 rings (SSSR count). The lowest BCUT2D eigenvalue weighted by molar-refractivity contribution is 0.0674. The Bertz CT molecular complexity index is 451. The second kappa shape index (κ2) is 6.91. The molecule has 0 spiro atoms. The third kappa shape index (κ3) is 4.21. The molecule has 0 N–H and O–H groups in total. The smallest absolute Gasteiger partial charge is 0.257 e. The summed E-state index contributed by atoms with van der Waals surface area (Å²) in [7, 11) is 3.90. The zero-order valence-electron chi connectivity index (χ0n) is 11.9. The van der Waals surface area contributed by atoms with Gasteiger partial charge >= 0.3 is 0 Å². The van der Waals surface area contributed by atoms with Crippen LogP contribution < -0.4 is 0 Å². The van der Waals surface area contributed by atoms with Crippen molar-refractivity contribution in [3.05, 3.63) is 29.6 Å². The molecule has 0 aliphatic rings. The number of hydrogen-bond acceptors (Lipinski definition) is 3. The molecule has 0 saturated heterocycles. The summed E-state index contributed by atoms with van der Waals surface area (Å²) in [6.07, 6.45) is 0. The van der Waals surface area contributed by atoms with Crippen molar-refractivity contribution in [1.82, 2.24) is 9.80 Å². The van der Waals surface area contributed by atoms with E-state index in [9.17, 15) is 9.18 Å². The molecule has 1 atom stereocenters. The summed E-state index contributed by atoms with van der Waals surface area (Å²) in [6.45, 7) is 5.14. The van der Waals surface area contributed by atoms with E-state index in [4.69, 9.17) is 0 Å². The molecule has 1 aromatic rings. The van der Waals surface area contributed by atoms with E-state index >= 15 is 0 Å². The van der Waals surface area contributed by atoms with E-state index < -0.39 is 5.82 Å². The van der Waals surface area contributed by atoms with Gasteiger partial charge in [0, 0.05) is 24.0 Å². The molecule has 0 aliphatic carbocycles. The lowest BCUT2D eigenvalue weighted by Crippen LogP contribution is -2.44. The molecule has 0 saturated carbocycles. The van der Waals surface area contributed by atoms with Gasteiger partial charge in [-0.1, -0.05) is 0 Å². The van der Waals surface area contributed by atoms with Crippen molar-refractivity contribution in [1.29, 1.82) is 0 Å². The summed E-state index contributed by atoms with van der Waals surface area (Å²) >= 11 is 4.16. The molecule has 0 aromatic heterocycles. The first kappa shape index (κ1) is 16.0. The Kier molecular flexibility index (Phi) is 5.82. The molecule has 1 amide bonds. The number of halogens is 1. The van der Waals surface area contributed by atoms with Crippen LogP contribution in [0.4, 0.5) is 4.39 Å². The second-order valence-electron chi connectivity index (χ2n) is 4.87. The van der Waals surface area contributed by atoms with E-state index in [1.54, 1.807) is 4.90 Å². The highest BCUT2D eigenvalue weighted by atomic mass is 32.1. The maximum absolute atomic E-state index is 13.8. The van der Waals surface area contributed by atoms with E-state index in [1.807, 2.05) is 32.8 Å². The molecule has 5 heteroatoms. The van der Waals surface area contributed by atoms with Gasteiger partial charge in [0.15, 0.2) is 0 Å². The van der Waals surface area contributed by atoms with Gasteiger partial charge in [0.25, 0.3) is 5.91 Å². The fourth-order valence-electron chi connectivity index (χ4n) is 2.11. The molecular formula is C14H21FN2OS. The topological polar surface area (TPSA) is 23.6 Å². The van der Waals surface area contributed by atoms with Crippen molar-refractivity contribution in [2.75, 3.05) is 27.2 Å². The molecule has 0 aliphatic heterocycles. The van der Waals surface area contributed by atoms with Crippen LogP contribution in [-0.4, -0.2) is 48.9 Å². The zero-order chi connectivity index (χ0) is 14.6. The molecule has 0 radical (unpaired) electrons. The summed E-state index contributed by atoms with van der Waals surface area (Å²) < 4.78 is 13.8. The van der Waals surface area contributed by atoms with E-state index in [-0.39, 0.29) is 17.5 Å². The molecule has 3 nitrogen and oxygen atoms in total. The number of nitrogens with zero attached hydrogens (tertiary/aromatic N) is 2. The minimum absolute atomic E-state index is 0.0236. The number of carbonyl (C=O) groups excluding carboxylic acids is 1. The molecule has 0 bridgehead atoms. The predicted molar refractivity (Wildman–Crippen MR) is 78.4 cm³/mol. The van der Waals surface area contributed by atoms with Crippen molar-refractivity contribution in [2.24, 2.45) is 0 Å². The van der Waals surface area contributed by atoms with E-state index in [1.165, 1.54) is 18.2 Å². The minimum Gasteiger partial charge on any atom is -0.335 e. The van der Waals surface area contributed by atoms with E-state index in [0.29, 0.717) is 11.4 Å². The highest BCUT2D eigenvalue weighted by Crippen LogP contribution is 2.17. The predicted octanol–water partition coefficient (Wildman–Crippen LogP) is 2.53. The minimum atomic E-state index is -0.502. The summed E-state index contributed by atoms with van der Waals surface area (Å²) in [5.41, 5.74) is 0.0833. The Labute approximate surface area is 119 Å². The first-order chi connectivity index (χ1) is 8.86. The maximum Gasteiger partial charge on any atom is 0.257 e. The largest absolute Gasteiger partial charge is 0.335 e. The summed E-state index contributed by atoms with van der Waals surface area (Å²) in [5, 5.41) is 0. The van der Waals surface area contributed by atoms with Gasteiger partial charge in [-0.2, -0.15) is 0 Å². The van der Waals surface area contributed by atoms with Gasteiger partial charge in [-0.15, -0.1) is 12.6 Å². The molecule has 1 aromatic carbocycles. The summed E-state index contributed by atoms with van der Waals surface area (Å²) in [5.74, 6) is -0.788. The van der Waals surface area contributed by atoms with Crippen LogP contribution in [0.1, 0.15) is 24.2 Å². The molecule has 0 fully saturated rings. The molecule has 0 heterocycles. The van der Waals surface area contributed by atoms with Gasteiger partial charge in [0.2, 0.25) is 0 Å². The van der Waals surface area contributed by atoms with Crippen LogP contribution in [0.2, 0.25) is 0 Å². The fourth-order valence-corrected chi connectivity index (χ4v) is 2.32. The van der Waals surface area contributed by atoms with E-state index in [2.05, 4.69) is 12.6 Å². The monoisotopic (exact) mass is 284 g/mol. The lowest BCUT2D eigenvalue weighted by Gasteiger charge is -2.30. The van der Waals surface area contributed by atoms with Crippen LogP contribution in [-0.2, 0) is 0 Å². The van der Waals surface area contributed by atoms with Gasteiger partial charge in [-0.05, 0) is 46.1 Å². The quantitative estimate of drug-likeness (QED) is 0.840. The number of benzene rings is 1. The second-order valence-corrected chi connectivity index (χ2v) is 5.38. The number of amides is 1. The van der Waals surface area contributed by atoms with Crippen molar-refractivity contribution >= 4 is 18.5 Å². The Balaban J connectivity index is 2.98. The number of thiol groups is 1. The highest BCUT2D eigenvalue weighted by molar-refractivity contribution is 7.80. The number of hydrogen-bond donors (Lipinski definition) is 1. The first-order valence-electron chi connectivity index (χ1n) is 6.31. The molecule has 19 heavy (non-hydrogen) atoms. The number of likely N-dealkylation sites (N-methyl/N-ethyl adjacent to an activating group) is 2. The van der Waals surface area contributed by atoms with Crippen molar-refractivity contribution in [3.8, 4) is 0 Å². The van der Waals surface area contributed by atoms with Crippen LogP contribution >= 0.6 is 12.6 Å². The maximum atomic E-state index is 13.8. The van der Waals surface area contributed by atoms with Crippen LogP contribution in [0, 0.1) is 5.82 Å². The van der Waals surface area contributed by atoms with Gasteiger partial charge in [0.05, 0.1) is 5.56 Å².